The molecule has 18 heavy (non-hydrogen) atoms. The number of esters is 1. The van der Waals surface area contributed by atoms with Gasteiger partial charge in [-0.2, -0.15) is 0 Å². The summed E-state index contributed by atoms with van der Waals surface area (Å²) in [6.07, 6.45) is -0.735. The lowest BCUT2D eigenvalue weighted by atomic mass is 10.2. The number of rotatable bonds is 6. The highest BCUT2D eigenvalue weighted by molar-refractivity contribution is 6.18. The Morgan fingerprint density at radius 1 is 1.56 bits per heavy atom. The molecule has 0 spiro atoms. The summed E-state index contributed by atoms with van der Waals surface area (Å²) in [6, 6.07) is 3.78. The minimum absolute atomic E-state index is 0.0764. The molecule has 0 aromatic heterocycles. The second kappa shape index (κ2) is 7.18. The van der Waals surface area contributed by atoms with E-state index in [1.165, 1.54) is 12.1 Å². The Bertz CT molecular complexity index is 414. The largest absolute Gasteiger partial charge is 0.462 e. The number of nitrogens with one attached hydrogen (secondary N) is 1. The summed E-state index contributed by atoms with van der Waals surface area (Å²) >= 11 is 5.43. The zero-order valence-electron chi connectivity index (χ0n) is 9.95. The molecule has 1 aromatic rings. The minimum Gasteiger partial charge on any atom is -0.462 e. The maximum atomic E-state index is 13.3. The van der Waals surface area contributed by atoms with Crippen LogP contribution in [0.5, 0.6) is 0 Å². The molecule has 0 radical (unpaired) electrons. The number of carbonyl (C=O) groups is 1. The molecule has 4 nitrogen and oxygen atoms in total. The third-order valence-electron chi connectivity index (χ3n) is 2.13. The highest BCUT2D eigenvalue weighted by atomic mass is 35.5. The predicted octanol–water partition coefficient (Wildman–Crippen LogP) is 2.01. The first-order valence-electron chi connectivity index (χ1n) is 5.52. The molecule has 100 valence electrons. The summed E-state index contributed by atoms with van der Waals surface area (Å²) in [4.78, 5) is 11.5. The van der Waals surface area contributed by atoms with Gasteiger partial charge in [0.1, 0.15) is 5.82 Å². The Morgan fingerprint density at radius 2 is 2.28 bits per heavy atom. The van der Waals surface area contributed by atoms with Gasteiger partial charge in [0.05, 0.1) is 24.2 Å². The number of aliphatic hydroxyl groups is 1. The molecule has 1 aromatic carbocycles. The highest BCUT2D eigenvalue weighted by Gasteiger charge is 2.10. The number of hydrogen-bond donors (Lipinski definition) is 2. The lowest BCUT2D eigenvalue weighted by molar-refractivity contribution is 0.0526. The molecule has 1 rings (SSSR count). The summed E-state index contributed by atoms with van der Waals surface area (Å²) in [6.45, 7) is 2.07. The number of ether oxygens (including phenoxy) is 1. The van der Waals surface area contributed by atoms with Crippen LogP contribution in [0, 0.1) is 5.82 Å². The molecule has 0 saturated heterocycles. The Hall–Kier alpha value is -1.33. The van der Waals surface area contributed by atoms with Gasteiger partial charge < -0.3 is 15.2 Å². The van der Waals surface area contributed by atoms with Crippen molar-refractivity contribution in [2.75, 3.05) is 24.3 Å². The van der Waals surface area contributed by atoms with E-state index in [4.69, 9.17) is 16.3 Å². The molecule has 1 unspecified atom stereocenters. The maximum absolute atomic E-state index is 13.3. The van der Waals surface area contributed by atoms with Crippen LogP contribution in [0.1, 0.15) is 17.3 Å². The fourth-order valence-electron chi connectivity index (χ4n) is 1.31. The van der Waals surface area contributed by atoms with E-state index in [-0.39, 0.29) is 24.6 Å². The quantitative estimate of drug-likeness (QED) is 0.616. The summed E-state index contributed by atoms with van der Waals surface area (Å²) in [7, 11) is 0. The summed E-state index contributed by atoms with van der Waals surface area (Å²) in [5.41, 5.74) is 0.516. The number of alkyl halides is 1. The Kier molecular flexibility index (Phi) is 5.88. The van der Waals surface area contributed by atoms with Gasteiger partial charge in [0, 0.05) is 12.2 Å². The van der Waals surface area contributed by atoms with Crippen molar-refractivity contribution in [2.45, 2.75) is 13.0 Å². The van der Waals surface area contributed by atoms with Crippen molar-refractivity contribution in [1.29, 1.82) is 0 Å². The van der Waals surface area contributed by atoms with Crippen molar-refractivity contribution >= 4 is 23.3 Å². The smallest absolute Gasteiger partial charge is 0.338 e. The van der Waals surface area contributed by atoms with Crippen LogP contribution in [0.3, 0.4) is 0 Å². The first-order chi connectivity index (χ1) is 8.56. The molecule has 0 bridgehead atoms. The Labute approximate surface area is 110 Å². The average molecular weight is 276 g/mol. The molecule has 0 amide bonds. The van der Waals surface area contributed by atoms with Gasteiger partial charge in [-0.05, 0) is 25.1 Å². The molecule has 0 aliphatic rings. The van der Waals surface area contributed by atoms with Gasteiger partial charge in [0.25, 0.3) is 0 Å². The first kappa shape index (κ1) is 14.7. The Balaban J connectivity index is 2.77. The van der Waals surface area contributed by atoms with E-state index < -0.39 is 17.9 Å². The third-order valence-corrected chi connectivity index (χ3v) is 2.49. The minimum atomic E-state index is -0.735. The molecule has 0 saturated carbocycles. The van der Waals surface area contributed by atoms with Crippen LogP contribution in [0.4, 0.5) is 10.1 Å². The van der Waals surface area contributed by atoms with Gasteiger partial charge in [-0.15, -0.1) is 11.6 Å². The van der Waals surface area contributed by atoms with E-state index in [1.807, 2.05) is 0 Å². The number of halogens is 2. The predicted molar refractivity (Wildman–Crippen MR) is 67.6 cm³/mol. The molecule has 6 heteroatoms. The maximum Gasteiger partial charge on any atom is 0.338 e. The van der Waals surface area contributed by atoms with E-state index in [1.54, 1.807) is 6.92 Å². The van der Waals surface area contributed by atoms with Crippen LogP contribution in [0.2, 0.25) is 0 Å². The lowest BCUT2D eigenvalue weighted by Crippen LogP contribution is -2.21. The van der Waals surface area contributed by atoms with Crippen LogP contribution in [-0.2, 0) is 4.74 Å². The van der Waals surface area contributed by atoms with E-state index in [2.05, 4.69) is 5.32 Å². The molecule has 2 N–H and O–H groups in total. The summed E-state index contributed by atoms with van der Waals surface area (Å²) in [5.74, 6) is -1.06. The van der Waals surface area contributed by atoms with Gasteiger partial charge in [0.2, 0.25) is 0 Å². The van der Waals surface area contributed by atoms with E-state index >= 15 is 0 Å². The zero-order valence-corrected chi connectivity index (χ0v) is 10.7. The molecule has 0 heterocycles. The second-order valence-corrected chi connectivity index (χ2v) is 3.95. The second-order valence-electron chi connectivity index (χ2n) is 3.64. The number of aliphatic hydroxyl groups excluding tert-OH is 1. The van der Waals surface area contributed by atoms with Crippen LogP contribution in [0.15, 0.2) is 18.2 Å². The highest BCUT2D eigenvalue weighted by Crippen LogP contribution is 2.15. The van der Waals surface area contributed by atoms with Crippen LogP contribution < -0.4 is 5.32 Å². The monoisotopic (exact) mass is 275 g/mol. The van der Waals surface area contributed by atoms with Gasteiger partial charge in [-0.25, -0.2) is 9.18 Å². The van der Waals surface area contributed by atoms with E-state index in [9.17, 15) is 14.3 Å². The number of anilines is 1. The molecule has 0 aliphatic carbocycles. The standard InChI is InChI=1S/C12H15ClFNO3/c1-2-18-12(17)8-3-9(14)5-10(4-8)15-7-11(16)6-13/h3-5,11,15-16H,2,6-7H2,1H3. The average Bonchev–Trinajstić information content (AvgIpc) is 2.35. The SMILES string of the molecule is CCOC(=O)c1cc(F)cc(NCC(O)CCl)c1. The molecule has 0 aliphatic heterocycles. The normalized spacial score (nSPS) is 12.0. The topological polar surface area (TPSA) is 58.6 Å². The van der Waals surface area contributed by atoms with Crippen molar-refractivity contribution in [3.63, 3.8) is 0 Å². The van der Waals surface area contributed by atoms with Gasteiger partial charge >= 0.3 is 5.97 Å². The molecule has 0 fully saturated rings. The van der Waals surface area contributed by atoms with Crippen LogP contribution in [-0.4, -0.2) is 36.2 Å². The van der Waals surface area contributed by atoms with Gasteiger partial charge in [-0.1, -0.05) is 0 Å². The van der Waals surface area contributed by atoms with Crippen molar-refractivity contribution < 1.29 is 19.0 Å². The van der Waals surface area contributed by atoms with E-state index in [0.717, 1.165) is 6.07 Å². The van der Waals surface area contributed by atoms with Gasteiger partial charge in [-0.3, -0.25) is 0 Å². The summed E-state index contributed by atoms with van der Waals surface area (Å²) < 4.78 is 18.1. The number of benzene rings is 1. The first-order valence-corrected chi connectivity index (χ1v) is 6.06. The number of hydrogen-bond acceptors (Lipinski definition) is 4. The van der Waals surface area contributed by atoms with Crippen molar-refractivity contribution in [3.8, 4) is 0 Å². The third kappa shape index (κ3) is 4.50. The lowest BCUT2D eigenvalue weighted by Gasteiger charge is -2.11. The van der Waals surface area contributed by atoms with Crippen LogP contribution in [0.25, 0.3) is 0 Å². The molecular weight excluding hydrogens is 261 g/mol. The van der Waals surface area contributed by atoms with Crippen molar-refractivity contribution in [2.24, 2.45) is 0 Å². The molecule has 1 atom stereocenters. The number of carbonyl (C=O) groups excluding carboxylic acids is 1. The molecular formula is C12H15ClFNO3. The van der Waals surface area contributed by atoms with E-state index in [0.29, 0.717) is 5.69 Å². The van der Waals surface area contributed by atoms with Crippen LogP contribution >= 0.6 is 11.6 Å². The Morgan fingerprint density at radius 3 is 2.89 bits per heavy atom. The fraction of sp³-hybridized carbons (Fsp3) is 0.417. The summed E-state index contributed by atoms with van der Waals surface area (Å²) in [5, 5.41) is 12.1. The zero-order chi connectivity index (χ0) is 13.5. The van der Waals surface area contributed by atoms with Gasteiger partial charge in [0.15, 0.2) is 0 Å². The fourth-order valence-corrected chi connectivity index (χ4v) is 1.42. The van der Waals surface area contributed by atoms with Crippen molar-refractivity contribution in [1.82, 2.24) is 0 Å². The van der Waals surface area contributed by atoms with Crippen molar-refractivity contribution in [3.05, 3.63) is 29.6 Å².